The molecule has 0 aliphatic heterocycles. The molecule has 0 aromatic rings. The summed E-state index contributed by atoms with van der Waals surface area (Å²) in [5.74, 6) is 0. The number of hydrogen-bond donors (Lipinski definition) is 0. The van der Waals surface area contributed by atoms with E-state index in [4.69, 9.17) is 0 Å². The Kier molecular flexibility index (Phi) is 10.9. The zero-order chi connectivity index (χ0) is 17.1. The Balaban J connectivity index is 3.72. The fourth-order valence-electron chi connectivity index (χ4n) is 2.52. The minimum absolute atomic E-state index is 0.399. The third-order valence-corrected chi connectivity index (χ3v) is 4.80. The molecule has 0 saturated heterocycles. The van der Waals surface area contributed by atoms with Crippen LogP contribution in [0.25, 0.3) is 0 Å². The second kappa shape index (κ2) is 11.1. The summed E-state index contributed by atoms with van der Waals surface area (Å²) in [6.45, 7) is 9.94. The first-order valence-corrected chi connectivity index (χ1v) is 9.09. The van der Waals surface area contributed by atoms with Crippen LogP contribution < -0.4 is 0 Å². The van der Waals surface area contributed by atoms with Crippen molar-refractivity contribution >= 4 is 0 Å². The van der Waals surface area contributed by atoms with Gasteiger partial charge in [0.15, 0.2) is 0 Å². The number of hydroxylamine groups is 2. The lowest BCUT2D eigenvalue weighted by Crippen LogP contribution is -2.51. The van der Waals surface area contributed by atoms with Crippen molar-refractivity contribution in [3.63, 3.8) is 0 Å². The molecule has 1 atom stereocenters. The summed E-state index contributed by atoms with van der Waals surface area (Å²) < 4.78 is 0. The van der Waals surface area contributed by atoms with Gasteiger partial charge in [-0.2, -0.15) is 0 Å². The molecule has 0 N–H and O–H groups in total. The van der Waals surface area contributed by atoms with Crippen LogP contribution in [-0.4, -0.2) is 17.3 Å². The van der Waals surface area contributed by atoms with Crippen LogP contribution in [-0.2, 0) is 0 Å². The highest BCUT2D eigenvalue weighted by atomic mass is 16.5. The summed E-state index contributed by atoms with van der Waals surface area (Å²) in [4.78, 5) is 11.1. The van der Waals surface area contributed by atoms with Crippen LogP contribution in [0, 0.1) is 15.5 Å². The predicted molar refractivity (Wildman–Crippen MR) is 95.6 cm³/mol. The van der Waals surface area contributed by atoms with Crippen molar-refractivity contribution in [3.05, 3.63) is 10.1 Å². The van der Waals surface area contributed by atoms with Gasteiger partial charge >= 0.3 is 0 Å². The standard InChI is InChI=1S/C18H37N2O2/c1-6-7-8-9-10-11-12-13-14-15-16-20(22)18(5,19-21)17(2,3)4/h6-16H2,1-5H3/q-1. The lowest BCUT2D eigenvalue weighted by molar-refractivity contribution is 0.0492. The van der Waals surface area contributed by atoms with Crippen LogP contribution in [0.4, 0.5) is 0 Å². The Morgan fingerprint density at radius 2 is 1.23 bits per heavy atom. The molecule has 0 heterocycles. The third kappa shape index (κ3) is 7.68. The molecular weight excluding hydrogens is 276 g/mol. The van der Waals surface area contributed by atoms with Gasteiger partial charge in [0.1, 0.15) is 5.66 Å². The average Bonchev–Trinajstić information content (AvgIpc) is 2.46. The quantitative estimate of drug-likeness (QED) is 0.230. The molecule has 0 aliphatic rings. The Morgan fingerprint density at radius 3 is 1.59 bits per heavy atom. The van der Waals surface area contributed by atoms with E-state index in [1.807, 2.05) is 20.8 Å². The Morgan fingerprint density at radius 1 is 0.818 bits per heavy atom. The van der Waals surface area contributed by atoms with Crippen molar-refractivity contribution in [2.75, 3.05) is 6.54 Å². The Hall–Kier alpha value is -0.480. The van der Waals surface area contributed by atoms with E-state index in [9.17, 15) is 10.1 Å². The summed E-state index contributed by atoms with van der Waals surface area (Å²) in [5, 5.41) is 16.2. The first-order valence-electron chi connectivity index (χ1n) is 9.09. The summed E-state index contributed by atoms with van der Waals surface area (Å²) in [6.07, 6.45) is 12.4. The molecule has 0 radical (unpaired) electrons. The van der Waals surface area contributed by atoms with Crippen molar-refractivity contribution in [2.24, 2.45) is 10.6 Å². The maximum absolute atomic E-state index is 12.2. The molecule has 0 spiro atoms. The van der Waals surface area contributed by atoms with E-state index in [0.717, 1.165) is 17.9 Å². The number of nitroso groups, excluding NO2 is 1. The highest BCUT2D eigenvalue weighted by molar-refractivity contribution is 4.94. The number of hydrogen-bond acceptors (Lipinski definition) is 4. The fourth-order valence-corrected chi connectivity index (χ4v) is 2.52. The van der Waals surface area contributed by atoms with Gasteiger partial charge in [0.25, 0.3) is 0 Å². The van der Waals surface area contributed by atoms with Crippen LogP contribution >= 0.6 is 0 Å². The second-order valence-corrected chi connectivity index (χ2v) is 7.65. The number of unbranched alkanes of at least 4 members (excludes halogenated alkanes) is 9. The molecule has 0 rings (SSSR count). The maximum Gasteiger partial charge on any atom is 0.146 e. The molecule has 0 amide bonds. The Bertz CT molecular complexity index is 289. The van der Waals surface area contributed by atoms with Crippen LogP contribution in [0.5, 0.6) is 0 Å². The van der Waals surface area contributed by atoms with E-state index in [2.05, 4.69) is 12.1 Å². The van der Waals surface area contributed by atoms with Gasteiger partial charge < -0.3 is 10.3 Å². The normalized spacial score (nSPS) is 15.0. The van der Waals surface area contributed by atoms with Gasteiger partial charge in [-0.25, -0.2) is 0 Å². The highest BCUT2D eigenvalue weighted by Gasteiger charge is 2.40. The first-order chi connectivity index (χ1) is 10.3. The largest absolute Gasteiger partial charge is 0.783 e. The smallest absolute Gasteiger partial charge is 0.146 e. The van der Waals surface area contributed by atoms with Crippen molar-refractivity contribution in [1.82, 2.24) is 5.06 Å². The van der Waals surface area contributed by atoms with Crippen molar-refractivity contribution < 1.29 is 0 Å². The van der Waals surface area contributed by atoms with E-state index in [1.54, 1.807) is 6.92 Å². The maximum atomic E-state index is 12.2. The van der Waals surface area contributed by atoms with E-state index in [-0.39, 0.29) is 0 Å². The van der Waals surface area contributed by atoms with Gasteiger partial charge in [0, 0.05) is 5.41 Å². The fraction of sp³-hybridized carbons (Fsp3) is 1.00. The van der Waals surface area contributed by atoms with Crippen LogP contribution in [0.3, 0.4) is 0 Å². The molecule has 0 aromatic carbocycles. The first kappa shape index (κ1) is 21.5. The molecule has 0 saturated carbocycles. The summed E-state index contributed by atoms with van der Waals surface area (Å²) in [7, 11) is 0. The van der Waals surface area contributed by atoms with Crippen molar-refractivity contribution in [3.8, 4) is 0 Å². The molecule has 0 bridgehead atoms. The highest BCUT2D eigenvalue weighted by Crippen LogP contribution is 2.36. The SMILES string of the molecule is CCCCCCCCCCCCN([O-])C(C)(N=O)C(C)(C)C. The molecule has 132 valence electrons. The molecule has 0 aromatic heterocycles. The lowest BCUT2D eigenvalue weighted by atomic mass is 9.82. The van der Waals surface area contributed by atoms with E-state index in [1.165, 1.54) is 51.4 Å². The van der Waals surface area contributed by atoms with E-state index in [0.29, 0.717) is 6.54 Å². The van der Waals surface area contributed by atoms with Gasteiger partial charge in [-0.1, -0.05) is 85.5 Å². The van der Waals surface area contributed by atoms with Crippen LogP contribution in [0.1, 0.15) is 98.8 Å². The number of rotatable bonds is 13. The van der Waals surface area contributed by atoms with Gasteiger partial charge in [0.2, 0.25) is 0 Å². The van der Waals surface area contributed by atoms with Gasteiger partial charge in [-0.15, -0.1) is 4.91 Å². The van der Waals surface area contributed by atoms with E-state index >= 15 is 0 Å². The van der Waals surface area contributed by atoms with Gasteiger partial charge in [-0.3, -0.25) is 0 Å². The van der Waals surface area contributed by atoms with Gasteiger partial charge in [-0.05, 0) is 25.1 Å². The minimum atomic E-state index is -1.17. The van der Waals surface area contributed by atoms with Crippen molar-refractivity contribution in [2.45, 2.75) is 104 Å². The summed E-state index contributed by atoms with van der Waals surface area (Å²) in [5.41, 5.74) is -1.62. The monoisotopic (exact) mass is 313 g/mol. The molecule has 0 aliphatic carbocycles. The third-order valence-electron chi connectivity index (χ3n) is 4.80. The predicted octanol–water partition coefficient (Wildman–Crippen LogP) is 6.24. The lowest BCUT2D eigenvalue weighted by Gasteiger charge is -2.48. The molecule has 22 heavy (non-hydrogen) atoms. The molecular formula is C18H37N2O2-. The van der Waals surface area contributed by atoms with E-state index < -0.39 is 11.1 Å². The number of nitrogens with zero attached hydrogens (tertiary/aromatic N) is 2. The molecule has 4 heteroatoms. The summed E-state index contributed by atoms with van der Waals surface area (Å²) in [6, 6.07) is 0. The molecule has 4 nitrogen and oxygen atoms in total. The average molecular weight is 314 g/mol. The second-order valence-electron chi connectivity index (χ2n) is 7.65. The summed E-state index contributed by atoms with van der Waals surface area (Å²) >= 11 is 0. The zero-order valence-corrected chi connectivity index (χ0v) is 15.5. The van der Waals surface area contributed by atoms with Crippen LogP contribution in [0.2, 0.25) is 0 Å². The zero-order valence-electron chi connectivity index (χ0n) is 15.5. The van der Waals surface area contributed by atoms with Crippen LogP contribution in [0.15, 0.2) is 5.18 Å². The minimum Gasteiger partial charge on any atom is -0.783 e. The topological polar surface area (TPSA) is 55.7 Å². The Labute approximate surface area is 137 Å². The molecule has 0 fully saturated rings. The van der Waals surface area contributed by atoms with Crippen molar-refractivity contribution in [1.29, 1.82) is 0 Å². The van der Waals surface area contributed by atoms with Gasteiger partial charge in [0.05, 0.1) is 0 Å². The molecule has 1 unspecified atom stereocenters.